The molecular weight excluding hydrogens is 705 g/mol. The maximum atomic E-state index is 14.1. The van der Waals surface area contributed by atoms with Crippen LogP contribution in [0, 0.1) is 28.6 Å². The number of amides is 2. The normalized spacial score (nSPS) is 34.2. The van der Waals surface area contributed by atoms with Crippen molar-refractivity contribution in [3.05, 3.63) is 52.9 Å². The van der Waals surface area contributed by atoms with Crippen LogP contribution in [0.3, 0.4) is 0 Å². The standard InChI is InChI=1S/C38H48N4O8S2/c1-6-31(44)50-38(34(46)51-35(47)41(4)5)14-12-28-27-11-10-24-17-29-23(18-36(24,2)32(27)30(43)19-37(28,38)3)20-39-42(29)26-9-7-8-22(16-26)33(45)40-25-13-15-52(48,49)21-25/h7-9,16-17,20,25,27-28,30,32,43H,6,10-15,18-19,21H2,1-5H3,(H,40,45)/t25?,27-,28?,30-,32?,36-,37-,38-/m0/s1. The Morgan fingerprint density at radius 1 is 1.15 bits per heavy atom. The van der Waals surface area contributed by atoms with E-state index in [4.69, 9.17) is 9.84 Å². The first kappa shape index (κ1) is 36.9. The monoisotopic (exact) mass is 752 g/mol. The number of hydrogen-bond acceptors (Lipinski definition) is 10. The number of aliphatic hydroxyl groups is 1. The summed E-state index contributed by atoms with van der Waals surface area (Å²) < 4.78 is 31.8. The molecule has 0 bridgehead atoms. The minimum atomic E-state index is -3.13. The number of ether oxygens (including phenoxy) is 1. The van der Waals surface area contributed by atoms with Crippen LogP contribution in [0.25, 0.3) is 11.8 Å². The highest BCUT2D eigenvalue weighted by molar-refractivity contribution is 8.26. The van der Waals surface area contributed by atoms with Gasteiger partial charge in [0.25, 0.3) is 11.1 Å². The third-order valence-electron chi connectivity index (χ3n) is 12.9. The van der Waals surface area contributed by atoms with E-state index in [0.717, 1.165) is 29.8 Å². The minimum absolute atomic E-state index is 0.00489. The van der Waals surface area contributed by atoms with Gasteiger partial charge in [0.2, 0.25) is 5.12 Å². The van der Waals surface area contributed by atoms with E-state index in [9.17, 15) is 32.7 Å². The van der Waals surface area contributed by atoms with Gasteiger partial charge in [-0.1, -0.05) is 32.4 Å². The second kappa shape index (κ2) is 13.1. The Morgan fingerprint density at radius 3 is 2.62 bits per heavy atom. The van der Waals surface area contributed by atoms with E-state index in [1.165, 1.54) is 10.5 Å². The number of aromatic nitrogens is 2. The Morgan fingerprint density at radius 2 is 1.92 bits per heavy atom. The van der Waals surface area contributed by atoms with Crippen LogP contribution in [0.1, 0.15) is 87.3 Å². The van der Waals surface area contributed by atoms with Crippen molar-refractivity contribution in [2.75, 3.05) is 25.6 Å². The third-order valence-corrected chi connectivity index (χ3v) is 15.7. The summed E-state index contributed by atoms with van der Waals surface area (Å²) in [7, 11) is 0.0387. The number of benzene rings is 1. The lowest BCUT2D eigenvalue weighted by atomic mass is 9.45. The first-order valence-corrected chi connectivity index (χ1v) is 20.9. The van der Waals surface area contributed by atoms with Crippen molar-refractivity contribution in [1.82, 2.24) is 20.0 Å². The molecule has 1 aromatic carbocycles. The van der Waals surface area contributed by atoms with Crippen LogP contribution < -0.4 is 5.32 Å². The number of carbonyl (C=O) groups excluding carboxylic acids is 4. The van der Waals surface area contributed by atoms with Crippen LogP contribution in [0.15, 0.2) is 36.0 Å². The van der Waals surface area contributed by atoms with E-state index in [1.807, 2.05) is 23.9 Å². The SMILES string of the molecule is CCC(=O)O[C@]1(C(=O)SC(=O)N(C)C)CCC2[C@@H]3CCC4=Cc5c(cnn5-c5cccc(C(=O)NC6CCS(=O)(=O)C6)c5)C[C@]4(C)C3[C@@H](O)C[C@@]21C. The van der Waals surface area contributed by atoms with Gasteiger partial charge in [0, 0.05) is 49.3 Å². The van der Waals surface area contributed by atoms with Gasteiger partial charge in [-0.3, -0.25) is 19.2 Å². The van der Waals surface area contributed by atoms with Gasteiger partial charge in [-0.25, -0.2) is 13.1 Å². The largest absolute Gasteiger partial charge is 0.449 e. The minimum Gasteiger partial charge on any atom is -0.449 e. The molecule has 3 saturated carbocycles. The third kappa shape index (κ3) is 5.92. The smallest absolute Gasteiger partial charge is 0.306 e. The van der Waals surface area contributed by atoms with Crippen LogP contribution in [0.2, 0.25) is 0 Å². The Hall–Kier alpha value is -3.49. The van der Waals surface area contributed by atoms with Crippen LogP contribution >= 0.6 is 11.8 Å². The molecule has 8 atom stereocenters. The summed E-state index contributed by atoms with van der Waals surface area (Å²) in [5.41, 5.74) is 1.60. The number of aliphatic hydroxyl groups excluding tert-OH is 1. The molecule has 0 radical (unpaired) electrons. The predicted octanol–water partition coefficient (Wildman–Crippen LogP) is 4.58. The van der Waals surface area contributed by atoms with Crippen molar-refractivity contribution in [3.8, 4) is 5.69 Å². The van der Waals surface area contributed by atoms with Crippen molar-refractivity contribution >= 4 is 49.9 Å². The zero-order chi connectivity index (χ0) is 37.4. The van der Waals surface area contributed by atoms with Crippen molar-refractivity contribution in [2.24, 2.45) is 28.6 Å². The summed E-state index contributed by atoms with van der Waals surface area (Å²) in [4.78, 5) is 54.1. The van der Waals surface area contributed by atoms with Gasteiger partial charge < -0.3 is 20.1 Å². The lowest BCUT2D eigenvalue weighted by molar-refractivity contribution is -0.196. The lowest BCUT2D eigenvalue weighted by Crippen LogP contribution is -2.62. The molecule has 0 spiro atoms. The van der Waals surface area contributed by atoms with Crippen molar-refractivity contribution in [3.63, 3.8) is 0 Å². The first-order valence-electron chi connectivity index (χ1n) is 18.2. The van der Waals surface area contributed by atoms with E-state index in [0.29, 0.717) is 43.0 Å². The molecule has 14 heteroatoms. The lowest BCUT2D eigenvalue weighted by Gasteiger charge is -2.60. The summed E-state index contributed by atoms with van der Waals surface area (Å²) in [6, 6.07) is 6.76. The number of sulfone groups is 1. The summed E-state index contributed by atoms with van der Waals surface area (Å²) in [5, 5.41) is 18.9. The number of nitrogens with one attached hydrogen (secondary N) is 1. The molecule has 1 saturated heterocycles. The van der Waals surface area contributed by atoms with Gasteiger partial charge >= 0.3 is 5.97 Å². The number of esters is 1. The predicted molar refractivity (Wildman–Crippen MR) is 196 cm³/mol. The van der Waals surface area contributed by atoms with Gasteiger partial charge in [0.1, 0.15) is 0 Å². The number of hydrogen-bond donors (Lipinski definition) is 2. The van der Waals surface area contributed by atoms with Crippen LogP contribution in [-0.2, 0) is 30.6 Å². The maximum absolute atomic E-state index is 14.1. The molecule has 4 aliphatic carbocycles. The van der Waals surface area contributed by atoms with Crippen LogP contribution in [-0.4, -0.2) is 93.8 Å². The van der Waals surface area contributed by atoms with Gasteiger partial charge in [0.15, 0.2) is 15.4 Å². The topological polar surface area (TPSA) is 165 Å². The molecule has 2 N–H and O–H groups in total. The molecular formula is C38H48N4O8S2. The maximum Gasteiger partial charge on any atom is 0.306 e. The molecule has 3 unspecified atom stereocenters. The van der Waals surface area contributed by atoms with Gasteiger partial charge in [-0.05, 0) is 98.0 Å². The van der Waals surface area contributed by atoms with Crippen LogP contribution in [0.5, 0.6) is 0 Å². The van der Waals surface area contributed by atoms with E-state index < -0.39 is 49.3 Å². The molecule has 52 heavy (non-hydrogen) atoms. The van der Waals surface area contributed by atoms with Crippen molar-refractivity contribution < 1.29 is 37.4 Å². The van der Waals surface area contributed by atoms with Gasteiger partial charge in [0.05, 0.1) is 35.2 Å². The zero-order valence-electron chi connectivity index (χ0n) is 30.4. The summed E-state index contributed by atoms with van der Waals surface area (Å²) >= 11 is 0.587. The Kier molecular flexibility index (Phi) is 9.30. The fraction of sp³-hybridized carbons (Fsp3) is 0.605. The molecule has 1 aromatic heterocycles. The van der Waals surface area contributed by atoms with E-state index in [1.54, 1.807) is 39.2 Å². The molecule has 280 valence electrons. The number of fused-ring (bicyclic) bond motifs is 6. The van der Waals surface area contributed by atoms with E-state index in [-0.39, 0.29) is 53.4 Å². The Labute approximate surface area is 309 Å². The fourth-order valence-corrected chi connectivity index (χ4v) is 13.0. The van der Waals surface area contributed by atoms with Crippen LogP contribution in [0.4, 0.5) is 4.79 Å². The first-order chi connectivity index (χ1) is 24.5. The molecule has 2 heterocycles. The summed E-state index contributed by atoms with van der Waals surface area (Å²) in [6.07, 6.45) is 7.27. The molecule has 5 aliphatic rings. The highest BCUT2D eigenvalue weighted by atomic mass is 32.2. The van der Waals surface area contributed by atoms with Gasteiger partial charge in [-0.2, -0.15) is 5.10 Å². The summed E-state index contributed by atoms with van der Waals surface area (Å²) in [5.74, 6) is -0.799. The number of allylic oxidation sites excluding steroid dienone is 1. The quantitative estimate of drug-likeness (QED) is 0.400. The molecule has 12 nitrogen and oxygen atoms in total. The molecule has 2 aromatic rings. The molecule has 4 fully saturated rings. The molecule has 7 rings (SSSR count). The van der Waals surface area contributed by atoms with Crippen molar-refractivity contribution in [1.29, 1.82) is 0 Å². The number of rotatable bonds is 6. The fourth-order valence-electron chi connectivity index (χ4n) is 10.4. The second-order valence-electron chi connectivity index (χ2n) is 16.1. The Balaban J connectivity index is 1.16. The summed E-state index contributed by atoms with van der Waals surface area (Å²) in [6.45, 7) is 5.90. The zero-order valence-corrected chi connectivity index (χ0v) is 32.0. The average molecular weight is 753 g/mol. The van der Waals surface area contributed by atoms with E-state index >= 15 is 0 Å². The number of thioether (sulfide) groups is 1. The molecule has 2 amide bonds. The van der Waals surface area contributed by atoms with E-state index in [2.05, 4.69) is 18.3 Å². The van der Waals surface area contributed by atoms with Crippen molar-refractivity contribution in [2.45, 2.75) is 89.9 Å². The number of carbonyl (C=O) groups is 4. The highest BCUT2D eigenvalue weighted by Crippen LogP contribution is 2.69. The Bertz CT molecular complexity index is 1980. The molecule has 1 aliphatic heterocycles. The highest BCUT2D eigenvalue weighted by Gasteiger charge is 2.71. The average Bonchev–Trinajstić information content (AvgIpc) is 3.74. The van der Waals surface area contributed by atoms with Gasteiger partial charge in [-0.15, -0.1) is 0 Å². The second-order valence-corrected chi connectivity index (χ2v) is 19.3. The number of nitrogens with zero attached hydrogens (tertiary/aromatic N) is 3.